The number of carbonyl (C=O) groups is 2. The third-order valence-electron chi connectivity index (χ3n) is 5.81. The molecule has 1 aliphatic carbocycles. The Labute approximate surface area is 187 Å². The maximum atomic E-state index is 12.8. The van der Waals surface area contributed by atoms with E-state index in [2.05, 4.69) is 10.6 Å². The number of ether oxygens (including phenoxy) is 1. The third kappa shape index (κ3) is 5.20. The van der Waals surface area contributed by atoms with Gasteiger partial charge in [0, 0.05) is 41.6 Å². The summed E-state index contributed by atoms with van der Waals surface area (Å²) in [6.45, 7) is 1.96. The van der Waals surface area contributed by atoms with E-state index in [1.165, 1.54) is 17.7 Å². The van der Waals surface area contributed by atoms with Gasteiger partial charge in [-0.25, -0.2) is 4.98 Å². The zero-order chi connectivity index (χ0) is 20.2. The molecule has 0 unspecified atom stereocenters. The molecule has 1 aromatic heterocycles. The lowest BCUT2D eigenvalue weighted by Gasteiger charge is -2.27. The quantitative estimate of drug-likeness (QED) is 0.699. The van der Waals surface area contributed by atoms with Gasteiger partial charge in [-0.1, -0.05) is 12.1 Å². The Hall–Kier alpha value is -1.96. The predicted molar refractivity (Wildman–Crippen MR) is 120 cm³/mol. The standard InChI is InChI=1S/C22H27N3O3S.ClH/c1-28-22(27)14-5-7-17(8-6-14)24-20(26)15-3-2-4-16(13-15)21-25-18-9-11-23-12-10-19(18)29-21;/h2-4,13-14,17,23H,5-12H2,1H3,(H,24,26);1H/t14-,17-;. The molecule has 0 spiro atoms. The highest BCUT2D eigenvalue weighted by Gasteiger charge is 2.28. The number of aromatic nitrogens is 1. The van der Waals surface area contributed by atoms with Crippen molar-refractivity contribution in [3.63, 3.8) is 0 Å². The van der Waals surface area contributed by atoms with E-state index < -0.39 is 0 Å². The van der Waals surface area contributed by atoms with Gasteiger partial charge in [-0.15, -0.1) is 23.7 Å². The van der Waals surface area contributed by atoms with Crippen molar-refractivity contribution < 1.29 is 14.3 Å². The molecule has 1 saturated carbocycles. The van der Waals surface area contributed by atoms with Crippen molar-refractivity contribution in [1.82, 2.24) is 15.6 Å². The predicted octanol–water partition coefficient (Wildman–Crippen LogP) is 3.38. The monoisotopic (exact) mass is 449 g/mol. The second-order valence-corrected chi connectivity index (χ2v) is 8.85. The summed E-state index contributed by atoms with van der Waals surface area (Å²) in [4.78, 5) is 30.6. The van der Waals surface area contributed by atoms with Crippen LogP contribution in [-0.2, 0) is 22.4 Å². The smallest absolute Gasteiger partial charge is 0.308 e. The number of hydrogen-bond acceptors (Lipinski definition) is 6. The van der Waals surface area contributed by atoms with E-state index in [1.54, 1.807) is 11.3 Å². The number of halogens is 1. The number of thiazole rings is 1. The second-order valence-electron chi connectivity index (χ2n) is 7.76. The molecule has 0 saturated heterocycles. The van der Waals surface area contributed by atoms with Gasteiger partial charge >= 0.3 is 5.97 Å². The van der Waals surface area contributed by atoms with Crippen LogP contribution in [0.25, 0.3) is 10.6 Å². The normalized spacial score (nSPS) is 21.0. The molecule has 1 aliphatic heterocycles. The average Bonchev–Trinajstić information content (AvgIpc) is 3.04. The highest BCUT2D eigenvalue weighted by molar-refractivity contribution is 7.15. The first-order chi connectivity index (χ1) is 14.1. The second kappa shape index (κ2) is 10.4. The summed E-state index contributed by atoms with van der Waals surface area (Å²) in [5.41, 5.74) is 2.84. The summed E-state index contributed by atoms with van der Waals surface area (Å²) in [7, 11) is 1.43. The number of esters is 1. The number of fused-ring (bicyclic) bond motifs is 1. The maximum Gasteiger partial charge on any atom is 0.308 e. The lowest BCUT2D eigenvalue weighted by molar-refractivity contribution is -0.146. The minimum absolute atomic E-state index is 0. The minimum Gasteiger partial charge on any atom is -0.469 e. The van der Waals surface area contributed by atoms with E-state index >= 15 is 0 Å². The van der Waals surface area contributed by atoms with Gasteiger partial charge in [-0.05, 0) is 44.2 Å². The molecule has 30 heavy (non-hydrogen) atoms. The molecule has 1 aromatic carbocycles. The molecular weight excluding hydrogens is 422 g/mol. The van der Waals surface area contributed by atoms with Crippen molar-refractivity contribution in [3.8, 4) is 10.6 Å². The highest BCUT2D eigenvalue weighted by atomic mass is 35.5. The van der Waals surface area contributed by atoms with Crippen LogP contribution in [0.1, 0.15) is 46.6 Å². The Morgan fingerprint density at radius 3 is 2.70 bits per heavy atom. The molecule has 1 fully saturated rings. The largest absolute Gasteiger partial charge is 0.469 e. The summed E-state index contributed by atoms with van der Waals surface area (Å²) in [5, 5.41) is 7.53. The van der Waals surface area contributed by atoms with Crippen molar-refractivity contribution in [2.75, 3.05) is 20.2 Å². The lowest BCUT2D eigenvalue weighted by atomic mass is 9.86. The Morgan fingerprint density at radius 2 is 1.93 bits per heavy atom. The van der Waals surface area contributed by atoms with Gasteiger partial charge in [0.15, 0.2) is 0 Å². The topological polar surface area (TPSA) is 80.3 Å². The van der Waals surface area contributed by atoms with Crippen LogP contribution in [0.5, 0.6) is 0 Å². The van der Waals surface area contributed by atoms with E-state index in [-0.39, 0.29) is 36.2 Å². The molecule has 4 rings (SSSR count). The number of benzene rings is 1. The van der Waals surface area contributed by atoms with Gasteiger partial charge in [0.25, 0.3) is 5.91 Å². The van der Waals surface area contributed by atoms with Crippen LogP contribution in [0.3, 0.4) is 0 Å². The van der Waals surface area contributed by atoms with Crippen molar-refractivity contribution in [3.05, 3.63) is 40.4 Å². The number of amides is 1. The minimum atomic E-state index is -0.139. The van der Waals surface area contributed by atoms with E-state index in [9.17, 15) is 9.59 Å². The van der Waals surface area contributed by atoms with Crippen molar-refractivity contribution in [2.24, 2.45) is 5.92 Å². The summed E-state index contributed by atoms with van der Waals surface area (Å²) < 4.78 is 4.83. The summed E-state index contributed by atoms with van der Waals surface area (Å²) in [5.74, 6) is -0.234. The van der Waals surface area contributed by atoms with Crippen LogP contribution in [0.2, 0.25) is 0 Å². The van der Waals surface area contributed by atoms with E-state index in [0.717, 1.165) is 62.2 Å². The van der Waals surface area contributed by atoms with Crippen molar-refractivity contribution in [1.29, 1.82) is 0 Å². The van der Waals surface area contributed by atoms with Gasteiger partial charge < -0.3 is 15.4 Å². The van der Waals surface area contributed by atoms with Gasteiger partial charge in [-0.2, -0.15) is 0 Å². The molecule has 2 heterocycles. The fourth-order valence-electron chi connectivity index (χ4n) is 4.13. The van der Waals surface area contributed by atoms with Crippen LogP contribution in [-0.4, -0.2) is 43.1 Å². The van der Waals surface area contributed by atoms with Crippen LogP contribution in [0.4, 0.5) is 0 Å². The van der Waals surface area contributed by atoms with Crippen LogP contribution in [0.15, 0.2) is 24.3 Å². The summed E-state index contributed by atoms with van der Waals surface area (Å²) in [6.07, 6.45) is 5.10. The molecule has 162 valence electrons. The Kier molecular flexibility index (Phi) is 7.86. The van der Waals surface area contributed by atoms with Crippen molar-refractivity contribution >= 4 is 35.6 Å². The Bertz CT molecular complexity index is 870. The highest BCUT2D eigenvalue weighted by Crippen LogP contribution is 2.30. The van der Waals surface area contributed by atoms with E-state index in [1.807, 2.05) is 24.3 Å². The number of rotatable bonds is 4. The van der Waals surface area contributed by atoms with Gasteiger partial charge in [0.1, 0.15) is 5.01 Å². The molecule has 6 nitrogen and oxygen atoms in total. The Balaban J connectivity index is 0.00000256. The molecule has 2 aromatic rings. The molecule has 2 N–H and O–H groups in total. The number of hydrogen-bond donors (Lipinski definition) is 2. The molecule has 2 aliphatic rings. The summed E-state index contributed by atoms with van der Waals surface area (Å²) in [6, 6.07) is 7.84. The van der Waals surface area contributed by atoms with Crippen LogP contribution in [0, 0.1) is 5.92 Å². The number of nitrogens with zero attached hydrogens (tertiary/aromatic N) is 1. The number of carbonyl (C=O) groups excluding carboxylic acids is 2. The number of nitrogens with one attached hydrogen (secondary N) is 2. The first-order valence-corrected chi connectivity index (χ1v) is 11.1. The first-order valence-electron chi connectivity index (χ1n) is 10.3. The van der Waals surface area contributed by atoms with Gasteiger partial charge in [-0.3, -0.25) is 9.59 Å². The summed E-state index contributed by atoms with van der Waals surface area (Å²) >= 11 is 1.74. The molecule has 0 atom stereocenters. The Morgan fingerprint density at radius 1 is 1.17 bits per heavy atom. The molecule has 0 bridgehead atoms. The maximum absolute atomic E-state index is 12.8. The van der Waals surface area contributed by atoms with Crippen LogP contribution >= 0.6 is 23.7 Å². The molecule has 0 radical (unpaired) electrons. The molecule has 8 heteroatoms. The fourth-order valence-corrected chi connectivity index (χ4v) is 5.24. The van der Waals surface area contributed by atoms with E-state index in [4.69, 9.17) is 9.72 Å². The zero-order valence-electron chi connectivity index (χ0n) is 17.1. The average molecular weight is 450 g/mol. The zero-order valence-corrected chi connectivity index (χ0v) is 18.7. The van der Waals surface area contributed by atoms with E-state index in [0.29, 0.717) is 5.56 Å². The molecule has 1 amide bonds. The molecular formula is C22H28ClN3O3S. The van der Waals surface area contributed by atoms with Crippen molar-refractivity contribution in [2.45, 2.75) is 44.6 Å². The third-order valence-corrected chi connectivity index (χ3v) is 7.02. The fraction of sp³-hybridized carbons (Fsp3) is 0.500. The lowest BCUT2D eigenvalue weighted by Crippen LogP contribution is -2.38. The van der Waals surface area contributed by atoms with Gasteiger partial charge in [0.05, 0.1) is 18.7 Å². The van der Waals surface area contributed by atoms with Gasteiger partial charge in [0.2, 0.25) is 0 Å². The number of methoxy groups -OCH3 is 1. The SMILES string of the molecule is COC(=O)[C@H]1CC[C@H](NC(=O)c2cccc(-c3nc4c(s3)CCNCC4)c2)CC1.Cl. The first kappa shape index (κ1) is 22.7. The van der Waals surface area contributed by atoms with Crippen LogP contribution < -0.4 is 10.6 Å².